The third kappa shape index (κ3) is 7.39. The average molecular weight is 473 g/mol. The summed E-state index contributed by atoms with van der Waals surface area (Å²) < 4.78 is 10.9. The molecule has 0 unspecified atom stereocenters. The summed E-state index contributed by atoms with van der Waals surface area (Å²) in [6.45, 7) is 2.48. The summed E-state index contributed by atoms with van der Waals surface area (Å²) >= 11 is 6.34. The Kier molecular flexibility index (Phi) is 9.43. The van der Waals surface area contributed by atoms with Crippen molar-refractivity contribution >= 4 is 23.4 Å². The maximum Gasteiger partial charge on any atom is 0.242 e. The summed E-state index contributed by atoms with van der Waals surface area (Å²) in [5.41, 5.74) is 0.822. The van der Waals surface area contributed by atoms with Crippen LogP contribution in [0.1, 0.15) is 51.0 Å². The van der Waals surface area contributed by atoms with Crippen LogP contribution in [-0.2, 0) is 16.1 Å². The Morgan fingerprint density at radius 2 is 1.76 bits per heavy atom. The van der Waals surface area contributed by atoms with Crippen molar-refractivity contribution in [1.29, 1.82) is 0 Å². The molecule has 178 valence electrons. The molecule has 1 aliphatic rings. The van der Waals surface area contributed by atoms with Gasteiger partial charge >= 0.3 is 0 Å². The summed E-state index contributed by atoms with van der Waals surface area (Å²) in [6, 6.07) is 14.4. The Bertz CT molecular complexity index is 913. The molecule has 0 aromatic heterocycles. The fourth-order valence-corrected chi connectivity index (χ4v) is 4.21. The van der Waals surface area contributed by atoms with E-state index in [4.69, 9.17) is 21.1 Å². The standard InChI is InChI=1S/C26H33ClN2O4/c1-19(26(31)28-21-9-4-5-10-21)29(18-20-8-3-6-11-24(20)27)25(30)12-7-17-33-23-15-13-22(32-2)14-16-23/h3,6,8,11,13-16,19,21H,4-5,7,9-10,12,17-18H2,1-2H3,(H,28,31)/t19-/m0/s1. The molecule has 1 N–H and O–H groups in total. The molecule has 0 spiro atoms. The van der Waals surface area contributed by atoms with Crippen LogP contribution in [0.4, 0.5) is 0 Å². The van der Waals surface area contributed by atoms with Gasteiger partial charge in [-0.3, -0.25) is 9.59 Å². The second kappa shape index (κ2) is 12.5. The molecule has 0 bridgehead atoms. The van der Waals surface area contributed by atoms with Gasteiger partial charge in [0.1, 0.15) is 17.5 Å². The van der Waals surface area contributed by atoms with Gasteiger partial charge in [0.2, 0.25) is 11.8 Å². The summed E-state index contributed by atoms with van der Waals surface area (Å²) in [4.78, 5) is 27.7. The number of halogens is 1. The molecule has 2 aromatic carbocycles. The molecule has 3 rings (SSSR count). The highest BCUT2D eigenvalue weighted by Gasteiger charge is 2.28. The van der Waals surface area contributed by atoms with Crippen molar-refractivity contribution < 1.29 is 19.1 Å². The first kappa shape index (κ1) is 24.9. The number of rotatable bonds is 11. The summed E-state index contributed by atoms with van der Waals surface area (Å²) in [5.74, 6) is 1.28. The van der Waals surface area contributed by atoms with E-state index in [0.29, 0.717) is 18.1 Å². The van der Waals surface area contributed by atoms with Crippen LogP contribution in [0, 0.1) is 0 Å². The molecular weight excluding hydrogens is 440 g/mol. The molecular formula is C26H33ClN2O4. The minimum Gasteiger partial charge on any atom is -0.497 e. The average Bonchev–Trinajstić information content (AvgIpc) is 3.34. The first-order valence-electron chi connectivity index (χ1n) is 11.6. The van der Waals surface area contributed by atoms with Crippen LogP contribution >= 0.6 is 11.6 Å². The molecule has 1 aliphatic carbocycles. The van der Waals surface area contributed by atoms with Gasteiger partial charge in [0.15, 0.2) is 0 Å². The van der Waals surface area contributed by atoms with E-state index in [2.05, 4.69) is 5.32 Å². The number of carbonyl (C=O) groups is 2. The third-order valence-corrected chi connectivity index (χ3v) is 6.40. The van der Waals surface area contributed by atoms with Gasteiger partial charge in [-0.2, -0.15) is 0 Å². The number of carbonyl (C=O) groups excluding carboxylic acids is 2. The SMILES string of the molecule is COc1ccc(OCCCC(=O)N(Cc2ccccc2Cl)[C@@H](C)C(=O)NC2CCCC2)cc1. The van der Waals surface area contributed by atoms with Crippen LogP contribution in [0.3, 0.4) is 0 Å². The van der Waals surface area contributed by atoms with Gasteiger partial charge in [-0.1, -0.05) is 42.6 Å². The Morgan fingerprint density at radius 1 is 1.09 bits per heavy atom. The predicted octanol–water partition coefficient (Wildman–Crippen LogP) is 4.98. The zero-order chi connectivity index (χ0) is 23.6. The second-order valence-corrected chi connectivity index (χ2v) is 8.81. The molecule has 6 nitrogen and oxygen atoms in total. The van der Waals surface area contributed by atoms with Crippen molar-refractivity contribution in [3.8, 4) is 11.5 Å². The van der Waals surface area contributed by atoms with Crippen molar-refractivity contribution in [2.45, 2.75) is 64.1 Å². The molecule has 0 saturated heterocycles. The first-order chi connectivity index (χ1) is 16.0. The van der Waals surface area contributed by atoms with Gasteiger partial charge in [0.25, 0.3) is 0 Å². The highest BCUT2D eigenvalue weighted by atomic mass is 35.5. The zero-order valence-corrected chi connectivity index (χ0v) is 20.1. The molecule has 7 heteroatoms. The third-order valence-electron chi connectivity index (χ3n) is 6.03. The first-order valence-corrected chi connectivity index (χ1v) is 12.0. The molecule has 0 radical (unpaired) electrons. The lowest BCUT2D eigenvalue weighted by atomic mass is 10.1. The molecule has 1 atom stereocenters. The van der Waals surface area contributed by atoms with Crippen LogP contribution in [-0.4, -0.2) is 42.5 Å². The maximum atomic E-state index is 13.2. The Morgan fingerprint density at radius 3 is 2.42 bits per heavy atom. The highest BCUT2D eigenvalue weighted by Crippen LogP contribution is 2.22. The van der Waals surface area contributed by atoms with Gasteiger partial charge in [-0.05, 0) is 62.1 Å². The zero-order valence-electron chi connectivity index (χ0n) is 19.4. The Labute approximate surface area is 201 Å². The molecule has 2 aromatic rings. The summed E-state index contributed by atoms with van der Waals surface area (Å²) in [6.07, 6.45) is 5.09. The lowest BCUT2D eigenvalue weighted by Gasteiger charge is -2.30. The number of hydrogen-bond acceptors (Lipinski definition) is 4. The molecule has 2 amide bonds. The predicted molar refractivity (Wildman–Crippen MR) is 130 cm³/mol. The van der Waals surface area contributed by atoms with E-state index < -0.39 is 6.04 Å². The number of benzene rings is 2. The maximum absolute atomic E-state index is 13.2. The lowest BCUT2D eigenvalue weighted by Crippen LogP contribution is -2.49. The van der Waals surface area contributed by atoms with Crippen LogP contribution in [0.5, 0.6) is 11.5 Å². The molecule has 33 heavy (non-hydrogen) atoms. The van der Waals surface area contributed by atoms with E-state index in [0.717, 1.165) is 42.7 Å². The van der Waals surface area contributed by atoms with E-state index in [9.17, 15) is 9.59 Å². The van der Waals surface area contributed by atoms with E-state index in [1.807, 2.05) is 42.5 Å². The van der Waals surface area contributed by atoms with Crippen LogP contribution in [0.25, 0.3) is 0 Å². The van der Waals surface area contributed by atoms with Gasteiger partial charge in [-0.25, -0.2) is 0 Å². The van der Waals surface area contributed by atoms with E-state index in [1.54, 1.807) is 25.0 Å². The van der Waals surface area contributed by atoms with E-state index in [-0.39, 0.29) is 30.8 Å². The van der Waals surface area contributed by atoms with Crippen LogP contribution in [0.15, 0.2) is 48.5 Å². The van der Waals surface area contributed by atoms with Crippen LogP contribution in [0.2, 0.25) is 5.02 Å². The topological polar surface area (TPSA) is 67.9 Å². The molecule has 1 fully saturated rings. The van der Waals surface area contributed by atoms with Crippen molar-refractivity contribution in [2.75, 3.05) is 13.7 Å². The fraction of sp³-hybridized carbons (Fsp3) is 0.462. The number of nitrogens with zero attached hydrogens (tertiary/aromatic N) is 1. The van der Waals surface area contributed by atoms with Crippen LogP contribution < -0.4 is 14.8 Å². The van der Waals surface area contributed by atoms with Gasteiger partial charge in [0, 0.05) is 24.0 Å². The quantitative estimate of drug-likeness (QED) is 0.468. The fourth-order valence-electron chi connectivity index (χ4n) is 4.01. The van der Waals surface area contributed by atoms with Gasteiger partial charge in [-0.15, -0.1) is 0 Å². The Hall–Kier alpha value is -2.73. The monoisotopic (exact) mass is 472 g/mol. The number of nitrogens with one attached hydrogen (secondary N) is 1. The lowest BCUT2D eigenvalue weighted by molar-refractivity contribution is -0.141. The largest absolute Gasteiger partial charge is 0.497 e. The highest BCUT2D eigenvalue weighted by molar-refractivity contribution is 6.31. The minimum atomic E-state index is -0.586. The van der Waals surface area contributed by atoms with E-state index >= 15 is 0 Å². The molecule has 0 aliphatic heterocycles. The van der Waals surface area contributed by atoms with Crippen molar-refractivity contribution in [2.24, 2.45) is 0 Å². The van der Waals surface area contributed by atoms with Gasteiger partial charge < -0.3 is 19.7 Å². The van der Waals surface area contributed by atoms with Crippen molar-refractivity contribution in [3.05, 3.63) is 59.1 Å². The molecule has 0 heterocycles. The van der Waals surface area contributed by atoms with Crippen molar-refractivity contribution in [1.82, 2.24) is 10.2 Å². The number of ether oxygens (including phenoxy) is 2. The normalized spacial score (nSPS) is 14.5. The smallest absolute Gasteiger partial charge is 0.242 e. The number of amides is 2. The van der Waals surface area contributed by atoms with Crippen molar-refractivity contribution in [3.63, 3.8) is 0 Å². The molecule has 1 saturated carbocycles. The van der Waals surface area contributed by atoms with E-state index in [1.165, 1.54) is 0 Å². The minimum absolute atomic E-state index is 0.0951. The summed E-state index contributed by atoms with van der Waals surface area (Å²) in [7, 11) is 1.62. The number of methoxy groups -OCH3 is 1. The summed E-state index contributed by atoms with van der Waals surface area (Å²) in [5, 5.41) is 3.70. The van der Waals surface area contributed by atoms with Gasteiger partial charge in [0.05, 0.1) is 13.7 Å². The second-order valence-electron chi connectivity index (χ2n) is 8.41. The Balaban J connectivity index is 1.59. The number of hydrogen-bond donors (Lipinski definition) is 1.